The molecule has 1 rings (SSSR count). The lowest BCUT2D eigenvalue weighted by Gasteiger charge is -2.24. The number of carboxylic acids is 2. The quantitative estimate of drug-likeness (QED) is 0.123. The number of amides is 4. The number of primary amides is 1. The summed E-state index contributed by atoms with van der Waals surface area (Å²) in [5.74, 6) is -5.71. The average Bonchev–Trinajstić information content (AvgIpc) is 3.26. The number of rotatable bonds is 14. The van der Waals surface area contributed by atoms with Crippen LogP contribution in [0.2, 0.25) is 0 Å². The minimum absolute atomic E-state index is 0.219. The number of hydrogen-bond donors (Lipinski definition) is 8. The number of carbonyl (C=O) groups is 6. The standard InChI is InChI=1S/C18H29N5O8S/c19-13(24)5-3-10(17(29)23-12(8-32)18(30)31)22-16(28)11(4-6-14(25)26)21-15(27)9-2-1-7-20-9/h9-12,20,32H,1-8H2,(H2,19,24)(H,21,27)(H,22,28)(H,23,29)(H,25,26)(H,30,31). The Morgan fingerprint density at radius 3 is 1.97 bits per heavy atom. The highest BCUT2D eigenvalue weighted by Crippen LogP contribution is 2.08. The second-order valence-corrected chi connectivity index (χ2v) is 7.66. The molecule has 0 aliphatic carbocycles. The van der Waals surface area contributed by atoms with Crippen LogP contribution in [0.15, 0.2) is 0 Å². The van der Waals surface area contributed by atoms with Crippen molar-refractivity contribution in [3.05, 3.63) is 0 Å². The van der Waals surface area contributed by atoms with Gasteiger partial charge in [-0.15, -0.1) is 0 Å². The molecule has 1 aliphatic rings. The fraction of sp³-hybridized carbons (Fsp3) is 0.667. The first-order valence-corrected chi connectivity index (χ1v) is 10.7. The van der Waals surface area contributed by atoms with E-state index in [0.717, 1.165) is 6.42 Å². The van der Waals surface area contributed by atoms with Gasteiger partial charge in [0.1, 0.15) is 18.1 Å². The van der Waals surface area contributed by atoms with Gasteiger partial charge in [-0.1, -0.05) is 0 Å². The van der Waals surface area contributed by atoms with Gasteiger partial charge in [0.25, 0.3) is 0 Å². The van der Waals surface area contributed by atoms with Crippen molar-refractivity contribution < 1.29 is 39.0 Å². The van der Waals surface area contributed by atoms with Crippen molar-refractivity contribution in [2.75, 3.05) is 12.3 Å². The lowest BCUT2D eigenvalue weighted by molar-refractivity contribution is -0.141. The fourth-order valence-corrected chi connectivity index (χ4v) is 3.25. The summed E-state index contributed by atoms with van der Waals surface area (Å²) in [5.41, 5.74) is 5.10. The molecular formula is C18H29N5O8S. The molecule has 0 saturated carbocycles. The summed E-state index contributed by atoms with van der Waals surface area (Å²) in [6, 6.07) is -4.46. The Kier molecular flexibility index (Phi) is 11.5. The molecule has 14 heteroatoms. The fourth-order valence-electron chi connectivity index (χ4n) is 3.00. The van der Waals surface area contributed by atoms with Crippen LogP contribution in [-0.2, 0) is 28.8 Å². The molecule has 4 unspecified atom stereocenters. The van der Waals surface area contributed by atoms with E-state index < -0.39 is 66.2 Å². The van der Waals surface area contributed by atoms with Crippen LogP contribution in [0.1, 0.15) is 38.5 Å². The predicted molar refractivity (Wildman–Crippen MR) is 114 cm³/mol. The van der Waals surface area contributed by atoms with E-state index >= 15 is 0 Å². The maximum atomic E-state index is 12.8. The minimum Gasteiger partial charge on any atom is -0.481 e. The molecule has 13 nitrogen and oxygen atoms in total. The molecule has 0 spiro atoms. The van der Waals surface area contributed by atoms with Crippen LogP contribution in [0.5, 0.6) is 0 Å². The normalized spacial score (nSPS) is 18.1. The largest absolute Gasteiger partial charge is 0.481 e. The smallest absolute Gasteiger partial charge is 0.327 e. The van der Waals surface area contributed by atoms with Crippen molar-refractivity contribution in [3.63, 3.8) is 0 Å². The van der Waals surface area contributed by atoms with Crippen molar-refractivity contribution in [1.82, 2.24) is 21.3 Å². The molecule has 1 aliphatic heterocycles. The molecule has 1 fully saturated rings. The highest BCUT2D eigenvalue weighted by atomic mass is 32.1. The van der Waals surface area contributed by atoms with E-state index in [4.69, 9.17) is 15.9 Å². The van der Waals surface area contributed by atoms with Gasteiger partial charge in [0, 0.05) is 18.6 Å². The van der Waals surface area contributed by atoms with Crippen molar-refractivity contribution >= 4 is 48.2 Å². The van der Waals surface area contributed by atoms with Gasteiger partial charge in [-0.2, -0.15) is 12.6 Å². The summed E-state index contributed by atoms with van der Waals surface area (Å²) in [6.07, 6.45) is 0.163. The third-order valence-corrected chi connectivity index (χ3v) is 5.13. The summed E-state index contributed by atoms with van der Waals surface area (Å²) in [4.78, 5) is 70.9. The molecule has 32 heavy (non-hydrogen) atoms. The first kappa shape index (κ1) is 27.2. The van der Waals surface area contributed by atoms with Gasteiger partial charge in [-0.25, -0.2) is 4.79 Å². The molecule has 0 aromatic heterocycles. The van der Waals surface area contributed by atoms with Crippen LogP contribution in [0.25, 0.3) is 0 Å². The number of aliphatic carboxylic acids is 2. The summed E-state index contributed by atoms with van der Waals surface area (Å²) in [7, 11) is 0. The Bertz CT molecular complexity index is 728. The van der Waals surface area contributed by atoms with E-state index in [0.29, 0.717) is 13.0 Å². The topological polar surface area (TPSA) is 217 Å². The highest BCUT2D eigenvalue weighted by Gasteiger charge is 2.31. The summed E-state index contributed by atoms with van der Waals surface area (Å²) < 4.78 is 0. The maximum absolute atomic E-state index is 12.8. The molecule has 1 heterocycles. The molecule has 4 atom stereocenters. The number of thiol groups is 1. The maximum Gasteiger partial charge on any atom is 0.327 e. The first-order valence-electron chi connectivity index (χ1n) is 10.0. The monoisotopic (exact) mass is 475 g/mol. The number of hydrogen-bond acceptors (Lipinski definition) is 8. The Balaban J connectivity index is 2.93. The highest BCUT2D eigenvalue weighted by molar-refractivity contribution is 7.80. The SMILES string of the molecule is NC(=O)CCC(NC(=O)C(CCC(=O)O)NC(=O)C1CCCN1)C(=O)NC(CS)C(=O)O. The van der Waals surface area contributed by atoms with Crippen LogP contribution in [0.3, 0.4) is 0 Å². The number of nitrogens with one attached hydrogen (secondary N) is 4. The van der Waals surface area contributed by atoms with Gasteiger partial charge in [0.2, 0.25) is 23.6 Å². The zero-order chi connectivity index (χ0) is 24.3. The van der Waals surface area contributed by atoms with Crippen molar-refractivity contribution in [1.29, 1.82) is 0 Å². The molecule has 4 amide bonds. The summed E-state index contributed by atoms with van der Waals surface area (Å²) in [5, 5.41) is 28.0. The second kappa shape index (κ2) is 13.5. The van der Waals surface area contributed by atoms with E-state index in [1.807, 2.05) is 0 Å². The average molecular weight is 476 g/mol. The molecule has 0 aromatic carbocycles. The Morgan fingerprint density at radius 2 is 1.50 bits per heavy atom. The van der Waals surface area contributed by atoms with Crippen LogP contribution in [0, 0.1) is 0 Å². The molecule has 1 saturated heterocycles. The molecular weight excluding hydrogens is 446 g/mol. The van der Waals surface area contributed by atoms with E-state index in [1.54, 1.807) is 0 Å². The van der Waals surface area contributed by atoms with E-state index in [1.165, 1.54) is 0 Å². The van der Waals surface area contributed by atoms with Crippen LogP contribution in [-0.4, -0.2) is 82.2 Å². The molecule has 180 valence electrons. The Hall–Kier alpha value is -2.87. The van der Waals surface area contributed by atoms with Crippen molar-refractivity contribution in [2.45, 2.75) is 62.7 Å². The molecule has 8 N–H and O–H groups in total. The van der Waals surface area contributed by atoms with E-state index in [-0.39, 0.29) is 25.0 Å². The second-order valence-electron chi connectivity index (χ2n) is 7.29. The lowest BCUT2D eigenvalue weighted by atomic mass is 10.1. The van der Waals surface area contributed by atoms with Crippen molar-refractivity contribution in [2.24, 2.45) is 5.73 Å². The third-order valence-electron chi connectivity index (χ3n) is 4.77. The summed E-state index contributed by atoms with van der Waals surface area (Å²) >= 11 is 3.85. The van der Waals surface area contributed by atoms with Crippen LogP contribution in [0.4, 0.5) is 0 Å². The van der Waals surface area contributed by atoms with Crippen LogP contribution < -0.4 is 27.0 Å². The zero-order valence-electron chi connectivity index (χ0n) is 17.3. The van der Waals surface area contributed by atoms with E-state index in [2.05, 4.69) is 33.9 Å². The summed E-state index contributed by atoms with van der Waals surface area (Å²) in [6.45, 7) is 0.634. The Morgan fingerprint density at radius 1 is 0.938 bits per heavy atom. The lowest BCUT2D eigenvalue weighted by Crippen LogP contribution is -2.57. The number of nitrogens with two attached hydrogens (primary N) is 1. The molecule has 0 bridgehead atoms. The molecule has 0 radical (unpaired) electrons. The first-order chi connectivity index (χ1) is 15.0. The van der Waals surface area contributed by atoms with Crippen LogP contribution >= 0.6 is 12.6 Å². The predicted octanol–water partition coefficient (Wildman–Crippen LogP) is -2.66. The van der Waals surface area contributed by atoms with E-state index in [9.17, 15) is 28.8 Å². The zero-order valence-corrected chi connectivity index (χ0v) is 18.2. The van der Waals surface area contributed by atoms with Gasteiger partial charge in [0.15, 0.2) is 0 Å². The molecule has 0 aromatic rings. The minimum atomic E-state index is -1.34. The Labute approximate surface area is 189 Å². The van der Waals surface area contributed by atoms with Gasteiger partial charge in [-0.05, 0) is 32.2 Å². The van der Waals surface area contributed by atoms with Crippen molar-refractivity contribution in [3.8, 4) is 0 Å². The van der Waals surface area contributed by atoms with Gasteiger partial charge in [0.05, 0.1) is 6.04 Å². The number of carboxylic acid groups (broad SMARTS) is 2. The van der Waals surface area contributed by atoms with Gasteiger partial charge < -0.3 is 37.2 Å². The van der Waals surface area contributed by atoms with Gasteiger partial charge in [-0.3, -0.25) is 24.0 Å². The van der Waals surface area contributed by atoms with Gasteiger partial charge >= 0.3 is 11.9 Å². The third kappa shape index (κ3) is 9.51. The number of carbonyl (C=O) groups excluding carboxylic acids is 4.